The molecule has 2 rings (SSSR count). The highest BCUT2D eigenvalue weighted by Gasteiger charge is 2.13. The third-order valence-corrected chi connectivity index (χ3v) is 2.85. The van der Waals surface area contributed by atoms with Gasteiger partial charge in [-0.25, -0.2) is 0 Å². The van der Waals surface area contributed by atoms with Crippen LogP contribution in [0.5, 0.6) is 0 Å². The summed E-state index contributed by atoms with van der Waals surface area (Å²) in [5.74, 6) is 0.930. The molecular formula is C12H12BrNO. The molecule has 1 N–H and O–H groups in total. The van der Waals surface area contributed by atoms with Gasteiger partial charge in [0.2, 0.25) is 0 Å². The van der Waals surface area contributed by atoms with E-state index in [9.17, 15) is 0 Å². The van der Waals surface area contributed by atoms with E-state index in [4.69, 9.17) is 4.42 Å². The maximum Gasteiger partial charge on any atom is 0.125 e. The zero-order valence-electron chi connectivity index (χ0n) is 8.41. The zero-order valence-corrected chi connectivity index (χ0v) is 9.99. The van der Waals surface area contributed by atoms with Crippen LogP contribution in [-0.2, 0) is 0 Å². The van der Waals surface area contributed by atoms with Crippen molar-refractivity contribution in [3.05, 3.63) is 58.5 Å². The zero-order chi connectivity index (χ0) is 10.7. The van der Waals surface area contributed by atoms with Crippen LogP contribution < -0.4 is 5.32 Å². The Bertz CT molecular complexity index is 408. The molecule has 2 nitrogen and oxygen atoms in total. The predicted molar refractivity (Wildman–Crippen MR) is 63.8 cm³/mol. The summed E-state index contributed by atoms with van der Waals surface area (Å²) >= 11 is 3.42. The van der Waals surface area contributed by atoms with Gasteiger partial charge >= 0.3 is 0 Å². The second-order valence-corrected chi connectivity index (χ2v) is 4.20. The van der Waals surface area contributed by atoms with Crippen LogP contribution in [0, 0.1) is 0 Å². The molecule has 2 aromatic rings. The van der Waals surface area contributed by atoms with Crippen molar-refractivity contribution >= 4 is 15.9 Å². The van der Waals surface area contributed by atoms with Crippen molar-refractivity contribution in [2.24, 2.45) is 0 Å². The summed E-state index contributed by atoms with van der Waals surface area (Å²) in [4.78, 5) is 0. The Kier molecular flexibility index (Phi) is 3.23. The number of nitrogens with one attached hydrogen (secondary N) is 1. The van der Waals surface area contributed by atoms with Crippen LogP contribution in [-0.4, -0.2) is 7.05 Å². The molecule has 1 atom stereocenters. The largest absolute Gasteiger partial charge is 0.467 e. The molecule has 0 spiro atoms. The molecule has 0 aliphatic rings. The van der Waals surface area contributed by atoms with Gasteiger partial charge in [0, 0.05) is 4.47 Å². The average molecular weight is 266 g/mol. The lowest BCUT2D eigenvalue weighted by atomic mass is 10.1. The van der Waals surface area contributed by atoms with E-state index in [1.54, 1.807) is 6.26 Å². The van der Waals surface area contributed by atoms with Gasteiger partial charge in [-0.1, -0.05) is 28.1 Å². The molecule has 0 aliphatic carbocycles. The number of furan rings is 1. The van der Waals surface area contributed by atoms with E-state index in [1.165, 1.54) is 5.56 Å². The minimum Gasteiger partial charge on any atom is -0.467 e. The predicted octanol–water partition coefficient (Wildman–Crippen LogP) is 3.35. The summed E-state index contributed by atoms with van der Waals surface area (Å²) in [6, 6.07) is 12.2. The van der Waals surface area contributed by atoms with E-state index < -0.39 is 0 Å². The standard InChI is InChI=1S/C12H12BrNO/c1-14-12(11-3-2-8-15-11)9-4-6-10(13)7-5-9/h2-8,12,14H,1H3. The van der Waals surface area contributed by atoms with Crippen molar-refractivity contribution in [2.75, 3.05) is 7.05 Å². The summed E-state index contributed by atoms with van der Waals surface area (Å²) < 4.78 is 6.48. The fourth-order valence-electron chi connectivity index (χ4n) is 1.58. The van der Waals surface area contributed by atoms with E-state index in [1.807, 2.05) is 31.3 Å². The normalized spacial score (nSPS) is 12.7. The molecule has 1 unspecified atom stereocenters. The lowest BCUT2D eigenvalue weighted by Gasteiger charge is -2.13. The minimum atomic E-state index is 0.119. The maximum atomic E-state index is 5.40. The van der Waals surface area contributed by atoms with Crippen LogP contribution in [0.25, 0.3) is 0 Å². The van der Waals surface area contributed by atoms with Gasteiger partial charge in [0.05, 0.1) is 12.3 Å². The minimum absolute atomic E-state index is 0.119. The number of halogens is 1. The number of hydrogen-bond acceptors (Lipinski definition) is 2. The molecule has 1 heterocycles. The molecular weight excluding hydrogens is 254 g/mol. The van der Waals surface area contributed by atoms with Crippen LogP contribution >= 0.6 is 15.9 Å². The summed E-state index contributed by atoms with van der Waals surface area (Å²) in [5.41, 5.74) is 1.19. The Balaban J connectivity index is 2.31. The molecule has 1 aromatic carbocycles. The van der Waals surface area contributed by atoms with E-state index in [0.29, 0.717) is 0 Å². The number of benzene rings is 1. The van der Waals surface area contributed by atoms with E-state index in [0.717, 1.165) is 10.2 Å². The summed E-state index contributed by atoms with van der Waals surface area (Å²) in [7, 11) is 1.93. The van der Waals surface area contributed by atoms with Crippen LogP contribution in [0.4, 0.5) is 0 Å². The van der Waals surface area contributed by atoms with Gasteiger partial charge < -0.3 is 9.73 Å². The molecule has 0 aliphatic heterocycles. The van der Waals surface area contributed by atoms with Crippen molar-refractivity contribution < 1.29 is 4.42 Å². The van der Waals surface area contributed by atoms with E-state index in [2.05, 4.69) is 33.4 Å². The first-order valence-electron chi connectivity index (χ1n) is 4.77. The maximum absolute atomic E-state index is 5.40. The van der Waals surface area contributed by atoms with Crippen molar-refractivity contribution in [3.63, 3.8) is 0 Å². The average Bonchev–Trinajstić information content (AvgIpc) is 2.75. The third-order valence-electron chi connectivity index (χ3n) is 2.32. The van der Waals surface area contributed by atoms with Crippen molar-refractivity contribution in [3.8, 4) is 0 Å². The second-order valence-electron chi connectivity index (χ2n) is 3.29. The SMILES string of the molecule is CNC(c1ccc(Br)cc1)c1ccco1. The first kappa shape index (κ1) is 10.5. The molecule has 0 saturated heterocycles. The molecule has 0 amide bonds. The van der Waals surface area contributed by atoms with Gasteiger partial charge in [0.1, 0.15) is 5.76 Å². The van der Waals surface area contributed by atoms with E-state index >= 15 is 0 Å². The van der Waals surface area contributed by atoms with Gasteiger partial charge in [0.15, 0.2) is 0 Å². The Labute approximate surface area is 97.4 Å². The molecule has 0 bridgehead atoms. The molecule has 0 fully saturated rings. The first-order chi connectivity index (χ1) is 7.31. The van der Waals surface area contributed by atoms with Crippen molar-refractivity contribution in [1.82, 2.24) is 5.32 Å². The highest BCUT2D eigenvalue weighted by atomic mass is 79.9. The van der Waals surface area contributed by atoms with Gasteiger partial charge in [0.25, 0.3) is 0 Å². The van der Waals surface area contributed by atoms with Gasteiger partial charge in [-0.15, -0.1) is 0 Å². The van der Waals surface area contributed by atoms with Gasteiger partial charge in [-0.2, -0.15) is 0 Å². The van der Waals surface area contributed by atoms with Gasteiger partial charge in [-0.3, -0.25) is 0 Å². The monoisotopic (exact) mass is 265 g/mol. The molecule has 3 heteroatoms. The van der Waals surface area contributed by atoms with Crippen LogP contribution in [0.3, 0.4) is 0 Å². The Morgan fingerprint density at radius 1 is 1.20 bits per heavy atom. The molecule has 1 aromatic heterocycles. The lowest BCUT2D eigenvalue weighted by molar-refractivity contribution is 0.463. The molecule has 0 saturated carbocycles. The second kappa shape index (κ2) is 4.64. The lowest BCUT2D eigenvalue weighted by Crippen LogP contribution is -2.16. The fraction of sp³-hybridized carbons (Fsp3) is 0.167. The Morgan fingerprint density at radius 2 is 1.93 bits per heavy atom. The highest BCUT2D eigenvalue weighted by Crippen LogP contribution is 2.23. The summed E-state index contributed by atoms with van der Waals surface area (Å²) in [6.07, 6.45) is 1.69. The fourth-order valence-corrected chi connectivity index (χ4v) is 1.85. The van der Waals surface area contributed by atoms with E-state index in [-0.39, 0.29) is 6.04 Å². The molecule has 78 valence electrons. The molecule has 15 heavy (non-hydrogen) atoms. The Hall–Kier alpha value is -1.06. The van der Waals surface area contributed by atoms with Crippen molar-refractivity contribution in [1.29, 1.82) is 0 Å². The third kappa shape index (κ3) is 2.30. The smallest absolute Gasteiger partial charge is 0.125 e. The topological polar surface area (TPSA) is 25.2 Å². The van der Waals surface area contributed by atoms with Crippen LogP contribution in [0.2, 0.25) is 0 Å². The van der Waals surface area contributed by atoms with Gasteiger partial charge in [-0.05, 0) is 36.9 Å². The molecule has 0 radical (unpaired) electrons. The first-order valence-corrected chi connectivity index (χ1v) is 5.56. The summed E-state index contributed by atoms with van der Waals surface area (Å²) in [6.45, 7) is 0. The number of hydrogen-bond donors (Lipinski definition) is 1. The van der Waals surface area contributed by atoms with Crippen LogP contribution in [0.1, 0.15) is 17.4 Å². The summed E-state index contributed by atoms with van der Waals surface area (Å²) in [5, 5.41) is 3.23. The highest BCUT2D eigenvalue weighted by molar-refractivity contribution is 9.10. The Morgan fingerprint density at radius 3 is 2.47 bits per heavy atom. The van der Waals surface area contributed by atoms with Crippen molar-refractivity contribution in [2.45, 2.75) is 6.04 Å². The number of rotatable bonds is 3. The quantitative estimate of drug-likeness (QED) is 0.921. The van der Waals surface area contributed by atoms with Crippen LogP contribution in [0.15, 0.2) is 51.6 Å².